The number of hydrogen-bond donors (Lipinski definition) is 1. The van der Waals surface area contributed by atoms with E-state index < -0.39 is 11.9 Å². The highest BCUT2D eigenvalue weighted by Gasteiger charge is 2.38. The molecule has 28 heavy (non-hydrogen) atoms. The van der Waals surface area contributed by atoms with E-state index in [0.29, 0.717) is 6.54 Å². The molecule has 2 aromatic rings. The maximum absolute atomic E-state index is 12.8. The predicted octanol–water partition coefficient (Wildman–Crippen LogP) is 2.93. The van der Waals surface area contributed by atoms with Gasteiger partial charge in [0.1, 0.15) is 11.0 Å². The second kappa shape index (κ2) is 6.91. The fourth-order valence-corrected chi connectivity index (χ4v) is 6.28. The molecule has 2 atom stereocenters. The van der Waals surface area contributed by atoms with E-state index in [4.69, 9.17) is 15.7 Å². The Bertz CT molecular complexity index is 941. The van der Waals surface area contributed by atoms with Crippen LogP contribution in [0.3, 0.4) is 0 Å². The van der Waals surface area contributed by atoms with E-state index in [1.165, 1.54) is 4.88 Å². The van der Waals surface area contributed by atoms with Crippen molar-refractivity contribution < 1.29 is 9.59 Å². The number of aryl methyl sites for hydroxylation is 2. The predicted molar refractivity (Wildman–Crippen MR) is 112 cm³/mol. The van der Waals surface area contributed by atoms with Crippen molar-refractivity contribution >= 4 is 34.5 Å². The lowest BCUT2D eigenvalue weighted by atomic mass is 9.98. The summed E-state index contributed by atoms with van der Waals surface area (Å²) in [7, 11) is 0. The summed E-state index contributed by atoms with van der Waals surface area (Å²) in [5, 5.41) is 1.95. The summed E-state index contributed by atoms with van der Waals surface area (Å²) >= 11 is 3.36. The Balaban J connectivity index is 1.57. The molecule has 2 aliphatic rings. The smallest absolute Gasteiger partial charge is 0.240 e. The highest BCUT2D eigenvalue weighted by Crippen LogP contribution is 2.42. The Kier molecular flexibility index (Phi) is 4.82. The van der Waals surface area contributed by atoms with Crippen LogP contribution in [0.5, 0.6) is 0 Å². The summed E-state index contributed by atoms with van der Waals surface area (Å²) in [6, 6.07) is -0.499. The first-order valence-electron chi connectivity index (χ1n) is 9.73. The van der Waals surface area contributed by atoms with Crippen LogP contribution in [0.25, 0.3) is 10.6 Å². The highest BCUT2D eigenvalue weighted by molar-refractivity contribution is 7.16. The first kappa shape index (κ1) is 19.5. The third kappa shape index (κ3) is 3.37. The molecule has 3 heterocycles. The minimum absolute atomic E-state index is 0.0296. The number of nitrogens with zero attached hydrogens (tertiary/aromatic N) is 3. The molecule has 8 heteroatoms. The van der Waals surface area contributed by atoms with E-state index in [1.807, 2.05) is 6.92 Å². The molecule has 1 aliphatic heterocycles. The van der Waals surface area contributed by atoms with Crippen molar-refractivity contribution in [3.05, 3.63) is 20.6 Å². The largest absolute Gasteiger partial charge is 0.368 e. The summed E-state index contributed by atoms with van der Waals surface area (Å²) in [6.07, 6.45) is 2.88. The molecular weight excluding hydrogens is 392 g/mol. The number of hydrogen-bond acceptors (Lipinski definition) is 6. The SMILES string of the molecule is C[C@@H]1CCN(C(=O)Cc2nc3c(s2)-c2nc(C(C)(C)C)sc2CC3)[C@@H]1C(N)=O. The van der Waals surface area contributed by atoms with Gasteiger partial charge in [0.2, 0.25) is 11.8 Å². The molecule has 0 spiro atoms. The van der Waals surface area contributed by atoms with Crippen LogP contribution >= 0.6 is 22.7 Å². The Hall–Kier alpha value is -1.80. The van der Waals surface area contributed by atoms with Gasteiger partial charge in [0, 0.05) is 16.8 Å². The molecule has 0 saturated carbocycles. The van der Waals surface area contributed by atoms with Crippen LogP contribution < -0.4 is 5.73 Å². The van der Waals surface area contributed by atoms with Crippen molar-refractivity contribution in [3.8, 4) is 10.6 Å². The molecule has 1 aliphatic carbocycles. The second-order valence-corrected chi connectivity index (χ2v) is 11.0. The van der Waals surface area contributed by atoms with Crippen molar-refractivity contribution in [2.45, 2.75) is 64.8 Å². The maximum Gasteiger partial charge on any atom is 0.240 e. The van der Waals surface area contributed by atoms with Crippen LogP contribution in [0, 0.1) is 5.92 Å². The standard InChI is InChI=1S/C20H26N4O2S2/c1-10-7-8-24(16(10)18(21)26)14(25)9-13-22-11-5-6-12-15(17(11)28-13)23-19(27-12)20(2,3)4/h10,16H,5-9H2,1-4H3,(H2,21,26)/t10-,16+/m1/s1. The quantitative estimate of drug-likeness (QED) is 0.830. The average molecular weight is 419 g/mol. The molecule has 0 bridgehead atoms. The van der Waals surface area contributed by atoms with Crippen molar-refractivity contribution in [1.29, 1.82) is 0 Å². The molecule has 4 rings (SSSR count). The zero-order valence-corrected chi connectivity index (χ0v) is 18.4. The van der Waals surface area contributed by atoms with Gasteiger partial charge in [-0.1, -0.05) is 27.7 Å². The zero-order valence-electron chi connectivity index (χ0n) is 16.7. The zero-order chi connectivity index (χ0) is 20.2. The Morgan fingerprint density at radius 2 is 1.96 bits per heavy atom. The molecule has 0 aromatic carbocycles. The summed E-state index contributed by atoms with van der Waals surface area (Å²) in [6.45, 7) is 9.11. The lowest BCUT2D eigenvalue weighted by Crippen LogP contribution is -2.46. The van der Waals surface area contributed by atoms with Gasteiger partial charge >= 0.3 is 0 Å². The van der Waals surface area contributed by atoms with E-state index >= 15 is 0 Å². The van der Waals surface area contributed by atoms with Gasteiger partial charge in [0.25, 0.3) is 0 Å². The number of rotatable bonds is 3. The van der Waals surface area contributed by atoms with Gasteiger partial charge in [-0.25, -0.2) is 9.97 Å². The molecule has 6 nitrogen and oxygen atoms in total. The molecule has 2 N–H and O–H groups in total. The van der Waals surface area contributed by atoms with Crippen LogP contribution in [-0.4, -0.2) is 39.3 Å². The van der Waals surface area contributed by atoms with Crippen LogP contribution in [0.15, 0.2) is 0 Å². The first-order chi connectivity index (χ1) is 13.1. The molecule has 150 valence electrons. The van der Waals surface area contributed by atoms with E-state index in [1.54, 1.807) is 27.6 Å². The number of aromatic nitrogens is 2. The first-order valence-corrected chi connectivity index (χ1v) is 11.4. The van der Waals surface area contributed by atoms with E-state index in [2.05, 4.69) is 20.8 Å². The van der Waals surface area contributed by atoms with E-state index in [0.717, 1.165) is 45.5 Å². The average Bonchev–Trinajstić information content (AvgIpc) is 3.28. The van der Waals surface area contributed by atoms with Gasteiger partial charge in [0.15, 0.2) is 0 Å². The Morgan fingerprint density at radius 3 is 2.64 bits per heavy atom. The number of nitrogens with two attached hydrogens (primary N) is 1. The summed E-state index contributed by atoms with van der Waals surface area (Å²) in [5.41, 5.74) is 7.66. The monoisotopic (exact) mass is 418 g/mol. The van der Waals surface area contributed by atoms with Crippen molar-refractivity contribution in [3.63, 3.8) is 0 Å². The van der Waals surface area contributed by atoms with Gasteiger partial charge in [-0.2, -0.15) is 0 Å². The van der Waals surface area contributed by atoms with Gasteiger partial charge in [-0.05, 0) is 25.2 Å². The van der Waals surface area contributed by atoms with E-state index in [9.17, 15) is 9.59 Å². The van der Waals surface area contributed by atoms with Gasteiger partial charge in [-0.3, -0.25) is 9.59 Å². The Morgan fingerprint density at radius 1 is 1.21 bits per heavy atom. The summed E-state index contributed by atoms with van der Waals surface area (Å²) < 4.78 is 0. The third-order valence-electron chi connectivity index (χ3n) is 5.50. The Labute approximate surface area is 173 Å². The van der Waals surface area contributed by atoms with Gasteiger partial charge < -0.3 is 10.6 Å². The van der Waals surface area contributed by atoms with Crippen LogP contribution in [0.4, 0.5) is 0 Å². The number of carbonyl (C=O) groups is 2. The van der Waals surface area contributed by atoms with E-state index in [-0.39, 0.29) is 23.7 Å². The lowest BCUT2D eigenvalue weighted by Gasteiger charge is -2.23. The minimum atomic E-state index is -0.499. The molecule has 2 amide bonds. The highest BCUT2D eigenvalue weighted by atomic mass is 32.1. The van der Waals surface area contributed by atoms with Crippen LogP contribution in [-0.2, 0) is 34.3 Å². The molecule has 0 unspecified atom stereocenters. The topological polar surface area (TPSA) is 89.2 Å². The van der Waals surface area contributed by atoms with Crippen molar-refractivity contribution in [2.75, 3.05) is 6.54 Å². The molecule has 1 saturated heterocycles. The molecular formula is C20H26N4O2S2. The number of amides is 2. The molecule has 1 fully saturated rings. The fourth-order valence-electron chi connectivity index (χ4n) is 3.97. The lowest BCUT2D eigenvalue weighted by molar-refractivity contribution is -0.137. The molecule has 0 radical (unpaired) electrons. The minimum Gasteiger partial charge on any atom is -0.368 e. The van der Waals surface area contributed by atoms with Crippen LogP contribution in [0.1, 0.15) is 54.7 Å². The number of carbonyl (C=O) groups excluding carboxylic acids is 2. The maximum atomic E-state index is 12.8. The van der Waals surface area contributed by atoms with Crippen molar-refractivity contribution in [1.82, 2.24) is 14.9 Å². The number of fused-ring (bicyclic) bond motifs is 3. The number of thiazole rings is 2. The fraction of sp³-hybridized carbons (Fsp3) is 0.600. The van der Waals surface area contributed by atoms with Crippen molar-refractivity contribution in [2.24, 2.45) is 11.7 Å². The van der Waals surface area contributed by atoms with Gasteiger partial charge in [0.05, 0.1) is 27.7 Å². The number of primary amides is 1. The number of likely N-dealkylation sites (tertiary alicyclic amines) is 1. The normalized spacial score (nSPS) is 21.5. The second-order valence-electron chi connectivity index (χ2n) is 8.80. The summed E-state index contributed by atoms with van der Waals surface area (Å²) in [5.74, 6) is -0.369. The third-order valence-corrected chi connectivity index (χ3v) is 8.14. The summed E-state index contributed by atoms with van der Waals surface area (Å²) in [4.78, 5) is 38.3. The van der Waals surface area contributed by atoms with Crippen LogP contribution in [0.2, 0.25) is 0 Å². The molecule has 2 aromatic heterocycles. The van der Waals surface area contributed by atoms with Gasteiger partial charge in [-0.15, -0.1) is 22.7 Å².